The highest BCUT2D eigenvalue weighted by Gasteiger charge is 2.20. The van der Waals surface area contributed by atoms with Gasteiger partial charge in [0.15, 0.2) is 0 Å². The van der Waals surface area contributed by atoms with E-state index < -0.39 is 0 Å². The van der Waals surface area contributed by atoms with Gasteiger partial charge in [-0.2, -0.15) is 5.10 Å². The predicted octanol–water partition coefficient (Wildman–Crippen LogP) is 1.47. The maximum absolute atomic E-state index is 12.0. The minimum atomic E-state index is -0.306. The summed E-state index contributed by atoms with van der Waals surface area (Å²) in [5.74, 6) is 0.267. The van der Waals surface area contributed by atoms with Crippen LogP contribution in [0.5, 0.6) is 0 Å². The number of likely N-dealkylation sites (tertiary alicyclic amines) is 1. The molecule has 0 radical (unpaired) electrons. The zero-order valence-corrected chi connectivity index (χ0v) is 13.6. The van der Waals surface area contributed by atoms with Gasteiger partial charge in [-0.15, -0.1) is 11.3 Å². The summed E-state index contributed by atoms with van der Waals surface area (Å²) in [6, 6.07) is 7.02. The number of aromatic nitrogens is 2. The van der Waals surface area contributed by atoms with E-state index in [0.29, 0.717) is 12.5 Å². The van der Waals surface area contributed by atoms with Gasteiger partial charge >= 0.3 is 0 Å². The summed E-state index contributed by atoms with van der Waals surface area (Å²) in [6.45, 7) is 3.81. The Kier molecular flexibility index (Phi) is 5.19. The van der Waals surface area contributed by atoms with E-state index >= 15 is 0 Å². The van der Waals surface area contributed by atoms with E-state index in [2.05, 4.69) is 37.9 Å². The first kappa shape index (κ1) is 15.9. The fraction of sp³-hybridized carbons (Fsp3) is 0.438. The molecule has 0 saturated carbocycles. The molecular formula is C16H20N4O2S. The molecule has 0 bridgehead atoms. The van der Waals surface area contributed by atoms with Crippen LogP contribution in [0.2, 0.25) is 0 Å². The molecule has 1 aliphatic heterocycles. The molecule has 6 nitrogen and oxygen atoms in total. The van der Waals surface area contributed by atoms with Gasteiger partial charge in [0.1, 0.15) is 5.69 Å². The number of amides is 1. The molecule has 1 saturated heterocycles. The van der Waals surface area contributed by atoms with E-state index in [1.54, 1.807) is 11.3 Å². The molecule has 2 aromatic rings. The predicted molar refractivity (Wildman–Crippen MR) is 89.5 cm³/mol. The first-order valence-corrected chi connectivity index (χ1v) is 8.67. The van der Waals surface area contributed by atoms with E-state index in [1.807, 2.05) is 0 Å². The summed E-state index contributed by atoms with van der Waals surface area (Å²) in [5, 5.41) is 11.0. The molecule has 7 heteroatoms. The quantitative estimate of drug-likeness (QED) is 0.869. The Hall–Kier alpha value is -1.99. The molecule has 3 heterocycles. The molecule has 2 N–H and O–H groups in total. The molecule has 23 heavy (non-hydrogen) atoms. The molecule has 1 fully saturated rings. The Labute approximate surface area is 138 Å². The number of carbonyl (C=O) groups excluding carboxylic acids is 1. The van der Waals surface area contributed by atoms with Crippen LogP contribution in [0.25, 0.3) is 0 Å². The lowest BCUT2D eigenvalue weighted by Crippen LogP contribution is -2.38. The summed E-state index contributed by atoms with van der Waals surface area (Å²) in [6.07, 6.45) is 2.18. The normalized spacial score (nSPS) is 16.3. The highest BCUT2D eigenvalue weighted by Crippen LogP contribution is 2.20. The minimum absolute atomic E-state index is 0.234. The van der Waals surface area contributed by atoms with Crippen LogP contribution in [0.4, 0.5) is 0 Å². The van der Waals surface area contributed by atoms with Gasteiger partial charge in [-0.05, 0) is 49.4 Å². The number of thiophene rings is 1. The third kappa shape index (κ3) is 4.49. The standard InChI is InChI=1S/C16H20N4O2S/c21-15-4-3-14(18-19-15)16(22)17-10-12-5-7-20(8-6-12)11-13-2-1-9-23-13/h1-4,9,12H,5-8,10-11H2,(H,17,22)(H,19,21). The highest BCUT2D eigenvalue weighted by molar-refractivity contribution is 7.09. The molecule has 3 rings (SSSR count). The molecule has 0 atom stereocenters. The van der Waals surface area contributed by atoms with Crippen LogP contribution in [-0.2, 0) is 6.54 Å². The summed E-state index contributed by atoms with van der Waals surface area (Å²) < 4.78 is 0. The lowest BCUT2D eigenvalue weighted by molar-refractivity contribution is 0.0929. The summed E-state index contributed by atoms with van der Waals surface area (Å²) >= 11 is 1.80. The Morgan fingerprint density at radius 2 is 2.17 bits per heavy atom. The van der Waals surface area contributed by atoms with Crippen LogP contribution in [0.1, 0.15) is 28.2 Å². The largest absolute Gasteiger partial charge is 0.350 e. The Bertz CT molecular complexity index is 670. The van der Waals surface area contributed by atoms with E-state index in [-0.39, 0.29) is 17.2 Å². The average molecular weight is 332 g/mol. The molecule has 1 amide bonds. The number of hydrogen-bond acceptors (Lipinski definition) is 5. The van der Waals surface area contributed by atoms with E-state index in [1.165, 1.54) is 17.0 Å². The van der Waals surface area contributed by atoms with E-state index in [0.717, 1.165) is 32.5 Å². The third-order valence-electron chi connectivity index (χ3n) is 4.13. The number of piperidine rings is 1. The third-order valence-corrected chi connectivity index (χ3v) is 4.99. The number of rotatable bonds is 5. The second kappa shape index (κ2) is 7.52. The second-order valence-electron chi connectivity index (χ2n) is 5.82. The Balaban J connectivity index is 1.41. The zero-order chi connectivity index (χ0) is 16.1. The lowest BCUT2D eigenvalue weighted by atomic mass is 9.96. The van der Waals surface area contributed by atoms with Gasteiger partial charge in [0.05, 0.1) is 0 Å². The van der Waals surface area contributed by atoms with Crippen molar-refractivity contribution >= 4 is 17.2 Å². The molecule has 0 spiro atoms. The van der Waals surface area contributed by atoms with Crippen molar-refractivity contribution < 1.29 is 4.79 Å². The first-order chi connectivity index (χ1) is 11.2. The van der Waals surface area contributed by atoms with Crippen molar-refractivity contribution in [3.05, 3.63) is 50.6 Å². The van der Waals surface area contributed by atoms with Crippen molar-refractivity contribution in [3.63, 3.8) is 0 Å². The number of nitrogens with one attached hydrogen (secondary N) is 2. The van der Waals surface area contributed by atoms with E-state index in [9.17, 15) is 9.59 Å². The van der Waals surface area contributed by atoms with Gasteiger partial charge in [0.2, 0.25) is 0 Å². The van der Waals surface area contributed by atoms with Crippen LogP contribution in [-0.4, -0.2) is 40.6 Å². The maximum atomic E-state index is 12.0. The van der Waals surface area contributed by atoms with Crippen molar-refractivity contribution in [1.82, 2.24) is 20.4 Å². The van der Waals surface area contributed by atoms with Crippen molar-refractivity contribution in [1.29, 1.82) is 0 Å². The molecule has 0 aromatic carbocycles. The number of nitrogens with zero attached hydrogens (tertiary/aromatic N) is 2. The van der Waals surface area contributed by atoms with Crippen LogP contribution >= 0.6 is 11.3 Å². The Morgan fingerprint density at radius 3 is 2.83 bits per heavy atom. The van der Waals surface area contributed by atoms with Crippen molar-refractivity contribution in [2.24, 2.45) is 5.92 Å². The van der Waals surface area contributed by atoms with Gasteiger partial charge in [-0.1, -0.05) is 6.07 Å². The molecular weight excluding hydrogens is 312 g/mol. The number of aromatic amines is 1. The number of hydrogen-bond donors (Lipinski definition) is 2. The van der Waals surface area contributed by atoms with Gasteiger partial charge < -0.3 is 5.32 Å². The smallest absolute Gasteiger partial charge is 0.271 e. The van der Waals surface area contributed by atoms with E-state index in [4.69, 9.17) is 0 Å². The zero-order valence-electron chi connectivity index (χ0n) is 12.8. The first-order valence-electron chi connectivity index (χ1n) is 7.79. The highest BCUT2D eigenvalue weighted by atomic mass is 32.1. The van der Waals surface area contributed by atoms with Crippen LogP contribution in [0.15, 0.2) is 34.4 Å². The van der Waals surface area contributed by atoms with Gasteiger partial charge in [0, 0.05) is 24.0 Å². The minimum Gasteiger partial charge on any atom is -0.350 e. The van der Waals surface area contributed by atoms with Crippen molar-refractivity contribution in [3.8, 4) is 0 Å². The molecule has 2 aromatic heterocycles. The topological polar surface area (TPSA) is 78.1 Å². The van der Waals surface area contributed by atoms with Crippen molar-refractivity contribution in [2.45, 2.75) is 19.4 Å². The van der Waals surface area contributed by atoms with Crippen LogP contribution in [0.3, 0.4) is 0 Å². The molecule has 122 valence electrons. The monoisotopic (exact) mass is 332 g/mol. The SMILES string of the molecule is O=C(NCC1CCN(Cc2cccs2)CC1)c1ccc(=O)[nH]n1. The fourth-order valence-electron chi connectivity index (χ4n) is 2.77. The van der Waals surface area contributed by atoms with Gasteiger partial charge in [-0.25, -0.2) is 5.10 Å². The molecule has 1 aliphatic rings. The fourth-order valence-corrected chi connectivity index (χ4v) is 3.52. The summed E-state index contributed by atoms with van der Waals surface area (Å²) in [4.78, 5) is 26.8. The van der Waals surface area contributed by atoms with Gasteiger partial charge in [-0.3, -0.25) is 14.5 Å². The maximum Gasteiger partial charge on any atom is 0.271 e. The second-order valence-corrected chi connectivity index (χ2v) is 6.85. The average Bonchev–Trinajstić information content (AvgIpc) is 3.07. The molecule has 0 unspecified atom stereocenters. The van der Waals surface area contributed by atoms with Crippen LogP contribution < -0.4 is 10.9 Å². The number of H-pyrrole nitrogens is 1. The summed E-state index contributed by atoms with van der Waals surface area (Å²) in [5.41, 5.74) is -0.0561. The van der Waals surface area contributed by atoms with Gasteiger partial charge in [0.25, 0.3) is 11.5 Å². The lowest BCUT2D eigenvalue weighted by Gasteiger charge is -2.31. The van der Waals surface area contributed by atoms with Crippen LogP contribution in [0, 0.1) is 5.92 Å². The summed E-state index contributed by atoms with van der Waals surface area (Å²) in [7, 11) is 0. The van der Waals surface area contributed by atoms with Crippen molar-refractivity contribution in [2.75, 3.05) is 19.6 Å². The molecule has 0 aliphatic carbocycles. The Morgan fingerprint density at radius 1 is 1.35 bits per heavy atom. The number of carbonyl (C=O) groups is 1.